The molecule has 2 rings (SSSR count). The first-order valence-corrected chi connectivity index (χ1v) is 21.3. The molecule has 0 spiro atoms. The minimum Gasteiger partial charge on any atom is -0.466 e. The Hall–Kier alpha value is -1.14. The van der Waals surface area contributed by atoms with Crippen LogP contribution in [-0.2, 0) is 28.5 Å². The van der Waals surface area contributed by atoms with Crippen molar-refractivity contribution in [2.45, 2.75) is 244 Å². The second-order valence-corrected chi connectivity index (χ2v) is 15.0. The molecule has 2 saturated heterocycles. The SMILES string of the molecule is CCCCCCCCC1OC1CCCCCCCCOC(=O)CCCCC(=O)OCCCCCCCCC1OC1CCCCCCCC. The zero-order valence-electron chi connectivity index (χ0n) is 31.8. The predicted octanol–water partition coefficient (Wildman–Crippen LogP) is 12.1. The van der Waals surface area contributed by atoms with E-state index in [9.17, 15) is 9.59 Å². The first kappa shape index (κ1) is 43.0. The maximum atomic E-state index is 12.0. The van der Waals surface area contributed by atoms with Crippen LogP contribution >= 0.6 is 0 Å². The fourth-order valence-electron chi connectivity index (χ4n) is 6.99. The van der Waals surface area contributed by atoms with Crippen molar-refractivity contribution in [2.75, 3.05) is 13.2 Å². The molecule has 6 nitrogen and oxygen atoms in total. The number of epoxide rings is 2. The van der Waals surface area contributed by atoms with E-state index < -0.39 is 0 Å². The molecule has 0 saturated carbocycles. The van der Waals surface area contributed by atoms with Gasteiger partial charge in [0, 0.05) is 12.8 Å². The highest BCUT2D eigenvalue weighted by Gasteiger charge is 2.37. The molecule has 282 valence electrons. The molecule has 0 amide bonds. The van der Waals surface area contributed by atoms with Gasteiger partial charge in [-0.3, -0.25) is 9.59 Å². The van der Waals surface area contributed by atoms with Gasteiger partial charge in [0.2, 0.25) is 0 Å². The predicted molar refractivity (Wildman–Crippen MR) is 198 cm³/mol. The van der Waals surface area contributed by atoms with Gasteiger partial charge in [-0.05, 0) is 51.4 Å². The van der Waals surface area contributed by atoms with Crippen molar-refractivity contribution in [3.05, 3.63) is 0 Å². The molecule has 4 unspecified atom stereocenters. The molecule has 48 heavy (non-hydrogen) atoms. The van der Waals surface area contributed by atoms with Gasteiger partial charge in [0.15, 0.2) is 0 Å². The molecular weight excluding hydrogens is 600 g/mol. The molecule has 0 aromatic carbocycles. The summed E-state index contributed by atoms with van der Waals surface area (Å²) in [5.41, 5.74) is 0. The van der Waals surface area contributed by atoms with Gasteiger partial charge < -0.3 is 18.9 Å². The molecule has 2 aliphatic rings. The summed E-state index contributed by atoms with van der Waals surface area (Å²) >= 11 is 0. The van der Waals surface area contributed by atoms with Crippen molar-refractivity contribution >= 4 is 11.9 Å². The summed E-state index contributed by atoms with van der Waals surface area (Å²) in [5, 5.41) is 0. The van der Waals surface area contributed by atoms with Crippen LogP contribution in [0.25, 0.3) is 0 Å². The van der Waals surface area contributed by atoms with Gasteiger partial charge >= 0.3 is 11.9 Å². The van der Waals surface area contributed by atoms with E-state index in [1.165, 1.54) is 154 Å². The average Bonchev–Trinajstić information content (AvgIpc) is 4.02. The van der Waals surface area contributed by atoms with Crippen LogP contribution in [0.2, 0.25) is 0 Å². The number of unbranched alkanes of at least 4 members (excludes halogenated alkanes) is 21. The molecular formula is C42H78O6. The largest absolute Gasteiger partial charge is 0.466 e. The van der Waals surface area contributed by atoms with Crippen LogP contribution in [0.4, 0.5) is 0 Å². The van der Waals surface area contributed by atoms with Crippen LogP contribution in [0.3, 0.4) is 0 Å². The normalized spacial score (nSPS) is 19.8. The maximum Gasteiger partial charge on any atom is 0.305 e. The Morgan fingerprint density at radius 1 is 0.375 bits per heavy atom. The third-order valence-corrected chi connectivity index (χ3v) is 10.4. The average molecular weight is 679 g/mol. The zero-order chi connectivity index (χ0) is 34.3. The van der Waals surface area contributed by atoms with E-state index in [0.717, 1.165) is 25.7 Å². The fourth-order valence-corrected chi connectivity index (χ4v) is 6.99. The number of hydrogen-bond donors (Lipinski definition) is 0. The zero-order valence-corrected chi connectivity index (χ0v) is 31.8. The van der Waals surface area contributed by atoms with Crippen molar-refractivity contribution in [3.63, 3.8) is 0 Å². The van der Waals surface area contributed by atoms with Crippen molar-refractivity contribution < 1.29 is 28.5 Å². The lowest BCUT2D eigenvalue weighted by molar-refractivity contribution is -0.146. The molecule has 0 N–H and O–H groups in total. The Morgan fingerprint density at radius 2 is 0.646 bits per heavy atom. The lowest BCUT2D eigenvalue weighted by Gasteiger charge is -2.06. The summed E-state index contributed by atoms with van der Waals surface area (Å²) in [4.78, 5) is 24.0. The number of hydrogen-bond acceptors (Lipinski definition) is 6. The van der Waals surface area contributed by atoms with Crippen molar-refractivity contribution in [1.82, 2.24) is 0 Å². The van der Waals surface area contributed by atoms with E-state index in [4.69, 9.17) is 18.9 Å². The molecule has 0 aromatic rings. The molecule has 2 aliphatic heterocycles. The summed E-state index contributed by atoms with van der Waals surface area (Å²) in [6, 6.07) is 0. The molecule has 0 bridgehead atoms. The summed E-state index contributed by atoms with van der Waals surface area (Å²) in [5.74, 6) is -0.276. The van der Waals surface area contributed by atoms with Crippen LogP contribution < -0.4 is 0 Å². The molecule has 0 radical (unpaired) electrons. The van der Waals surface area contributed by atoms with E-state index in [-0.39, 0.29) is 11.9 Å². The quantitative estimate of drug-likeness (QED) is 0.0370. The standard InChI is InChI=1S/C42H78O6/c1-3-5-7-9-15-21-29-37-39(47-37)31-23-17-11-13-19-27-35-45-41(43)33-25-26-34-42(44)46-36-28-20-14-12-18-24-32-40-38(48-40)30-22-16-10-8-6-4-2/h37-40H,3-36H2,1-2H3. The summed E-state index contributed by atoms with van der Waals surface area (Å²) in [7, 11) is 0. The highest BCUT2D eigenvalue weighted by atomic mass is 16.6. The van der Waals surface area contributed by atoms with Gasteiger partial charge in [-0.1, -0.05) is 155 Å². The van der Waals surface area contributed by atoms with Crippen molar-refractivity contribution in [1.29, 1.82) is 0 Å². The minimum absolute atomic E-state index is 0.138. The Bertz CT molecular complexity index is 694. The Labute approximate surface area is 296 Å². The molecule has 0 aliphatic carbocycles. The summed E-state index contributed by atoms with van der Waals surface area (Å²) < 4.78 is 22.5. The Morgan fingerprint density at radius 3 is 0.958 bits per heavy atom. The number of esters is 2. The Balaban J connectivity index is 1.22. The smallest absolute Gasteiger partial charge is 0.305 e. The third kappa shape index (κ3) is 25.8. The van der Waals surface area contributed by atoms with E-state index in [1.54, 1.807) is 0 Å². The van der Waals surface area contributed by atoms with Gasteiger partial charge in [0.25, 0.3) is 0 Å². The summed E-state index contributed by atoms with van der Waals surface area (Å²) in [6.45, 7) is 5.58. The number of carbonyl (C=O) groups is 2. The van der Waals surface area contributed by atoms with Crippen LogP contribution in [0.5, 0.6) is 0 Å². The van der Waals surface area contributed by atoms with Crippen LogP contribution in [-0.4, -0.2) is 49.6 Å². The minimum atomic E-state index is -0.138. The first-order valence-electron chi connectivity index (χ1n) is 21.3. The summed E-state index contributed by atoms with van der Waals surface area (Å²) in [6.07, 6.45) is 39.9. The van der Waals surface area contributed by atoms with Gasteiger partial charge in [-0.2, -0.15) is 0 Å². The van der Waals surface area contributed by atoms with E-state index in [1.807, 2.05) is 0 Å². The van der Waals surface area contributed by atoms with E-state index >= 15 is 0 Å². The van der Waals surface area contributed by atoms with Gasteiger partial charge in [0.05, 0.1) is 37.6 Å². The second-order valence-electron chi connectivity index (χ2n) is 15.0. The Kier molecular flexibility index (Phi) is 27.5. The van der Waals surface area contributed by atoms with E-state index in [2.05, 4.69) is 13.8 Å². The van der Waals surface area contributed by atoms with Gasteiger partial charge in [-0.25, -0.2) is 0 Å². The van der Waals surface area contributed by atoms with Crippen molar-refractivity contribution in [3.8, 4) is 0 Å². The third-order valence-electron chi connectivity index (χ3n) is 10.4. The molecule has 6 heteroatoms. The molecule has 0 aromatic heterocycles. The number of carbonyl (C=O) groups excluding carboxylic acids is 2. The van der Waals surface area contributed by atoms with Gasteiger partial charge in [0.1, 0.15) is 0 Å². The monoisotopic (exact) mass is 679 g/mol. The molecule has 2 heterocycles. The van der Waals surface area contributed by atoms with Crippen LogP contribution in [0.1, 0.15) is 219 Å². The van der Waals surface area contributed by atoms with E-state index in [0.29, 0.717) is 63.3 Å². The lowest BCUT2D eigenvalue weighted by Crippen LogP contribution is -2.08. The number of rotatable bonds is 37. The topological polar surface area (TPSA) is 77.7 Å². The van der Waals surface area contributed by atoms with Gasteiger partial charge in [-0.15, -0.1) is 0 Å². The van der Waals surface area contributed by atoms with Crippen molar-refractivity contribution in [2.24, 2.45) is 0 Å². The lowest BCUT2D eigenvalue weighted by atomic mass is 10.0. The highest BCUT2D eigenvalue weighted by molar-refractivity contribution is 5.70. The molecule has 4 atom stereocenters. The molecule has 2 fully saturated rings. The number of ether oxygens (including phenoxy) is 4. The second kappa shape index (κ2) is 30.7. The van der Waals surface area contributed by atoms with Crippen LogP contribution in [0, 0.1) is 0 Å². The highest BCUT2D eigenvalue weighted by Crippen LogP contribution is 2.33. The van der Waals surface area contributed by atoms with Crippen LogP contribution in [0.15, 0.2) is 0 Å². The first-order chi connectivity index (χ1) is 23.6. The maximum absolute atomic E-state index is 12.0. The fraction of sp³-hybridized carbons (Fsp3) is 0.952.